The first-order chi connectivity index (χ1) is 9.49. The maximum absolute atomic E-state index is 5.59. The van der Waals surface area contributed by atoms with Gasteiger partial charge in [0.2, 0.25) is 0 Å². The molecular formula is C17H32N2O. The molecule has 0 radical (unpaired) electrons. The molecule has 20 heavy (non-hydrogen) atoms. The number of hydrogen-bond acceptors (Lipinski definition) is 3. The Hall–Kier alpha value is -0.120. The standard InChI is InChI=1S/C17H32N2O/c1-16(2,3)15-10-18-17(7-4-5-8-17)13-19(15)11-14-6-9-20-12-14/h14-15,18H,4-13H2,1-3H3. The first-order valence-corrected chi connectivity index (χ1v) is 8.55. The highest BCUT2D eigenvalue weighted by molar-refractivity contribution is 5.03. The molecule has 116 valence electrons. The summed E-state index contributed by atoms with van der Waals surface area (Å²) in [5, 5.41) is 3.93. The highest BCUT2D eigenvalue weighted by Crippen LogP contribution is 2.37. The van der Waals surface area contributed by atoms with Crippen LogP contribution in [0.25, 0.3) is 0 Å². The number of nitrogens with one attached hydrogen (secondary N) is 1. The number of ether oxygens (including phenoxy) is 1. The number of piperazine rings is 1. The molecule has 3 aliphatic rings. The van der Waals surface area contributed by atoms with Gasteiger partial charge in [-0.2, -0.15) is 0 Å². The van der Waals surface area contributed by atoms with Crippen LogP contribution in [0.5, 0.6) is 0 Å². The van der Waals surface area contributed by atoms with Gasteiger partial charge in [-0.05, 0) is 30.6 Å². The molecule has 0 aromatic carbocycles. The summed E-state index contributed by atoms with van der Waals surface area (Å²) in [4.78, 5) is 2.81. The Balaban J connectivity index is 1.71. The zero-order valence-corrected chi connectivity index (χ0v) is 13.6. The van der Waals surface area contributed by atoms with E-state index in [4.69, 9.17) is 4.74 Å². The van der Waals surface area contributed by atoms with Crippen molar-refractivity contribution < 1.29 is 4.74 Å². The van der Waals surface area contributed by atoms with E-state index in [0.29, 0.717) is 17.0 Å². The molecule has 3 nitrogen and oxygen atoms in total. The third-order valence-corrected chi connectivity index (χ3v) is 5.69. The monoisotopic (exact) mass is 280 g/mol. The largest absolute Gasteiger partial charge is 0.381 e. The average molecular weight is 280 g/mol. The van der Waals surface area contributed by atoms with E-state index in [1.807, 2.05) is 0 Å². The minimum Gasteiger partial charge on any atom is -0.381 e. The van der Waals surface area contributed by atoms with Gasteiger partial charge in [0.25, 0.3) is 0 Å². The molecule has 3 rings (SSSR count). The third-order valence-electron chi connectivity index (χ3n) is 5.69. The number of hydrogen-bond donors (Lipinski definition) is 1. The number of rotatable bonds is 2. The second-order valence-electron chi connectivity index (χ2n) is 8.41. The summed E-state index contributed by atoms with van der Waals surface area (Å²) in [5.74, 6) is 0.761. The second-order valence-corrected chi connectivity index (χ2v) is 8.41. The van der Waals surface area contributed by atoms with Gasteiger partial charge in [-0.25, -0.2) is 0 Å². The SMILES string of the molecule is CC(C)(C)C1CNC2(CCCC2)CN1CC1CCOC1. The van der Waals surface area contributed by atoms with E-state index < -0.39 is 0 Å². The van der Waals surface area contributed by atoms with Crippen LogP contribution in [0.15, 0.2) is 0 Å². The predicted octanol–water partition coefficient (Wildman–Crippen LogP) is 2.66. The lowest BCUT2D eigenvalue weighted by Gasteiger charge is -2.51. The summed E-state index contributed by atoms with van der Waals surface area (Å²) in [6, 6.07) is 0.661. The molecular weight excluding hydrogens is 248 g/mol. The van der Waals surface area contributed by atoms with E-state index in [1.54, 1.807) is 0 Å². The van der Waals surface area contributed by atoms with Crippen molar-refractivity contribution in [2.24, 2.45) is 11.3 Å². The summed E-state index contributed by atoms with van der Waals surface area (Å²) in [7, 11) is 0. The maximum atomic E-state index is 5.59. The second kappa shape index (κ2) is 5.58. The molecule has 0 aromatic rings. The molecule has 2 aliphatic heterocycles. The van der Waals surface area contributed by atoms with E-state index in [9.17, 15) is 0 Å². The van der Waals surface area contributed by atoms with Gasteiger partial charge in [0.1, 0.15) is 0 Å². The first-order valence-electron chi connectivity index (χ1n) is 8.55. The smallest absolute Gasteiger partial charge is 0.0507 e. The molecule has 1 spiro atoms. The first kappa shape index (κ1) is 14.8. The molecule has 2 atom stereocenters. The van der Waals surface area contributed by atoms with Gasteiger partial charge >= 0.3 is 0 Å². The Morgan fingerprint density at radius 1 is 1.25 bits per heavy atom. The van der Waals surface area contributed by atoms with Gasteiger partial charge in [0.15, 0.2) is 0 Å². The van der Waals surface area contributed by atoms with Gasteiger partial charge in [-0.3, -0.25) is 4.90 Å². The lowest BCUT2D eigenvalue weighted by atomic mass is 9.80. The van der Waals surface area contributed by atoms with Gasteiger partial charge < -0.3 is 10.1 Å². The Labute approximate surface area is 124 Å². The maximum Gasteiger partial charge on any atom is 0.0507 e. The molecule has 0 bridgehead atoms. The fraction of sp³-hybridized carbons (Fsp3) is 1.00. The van der Waals surface area contributed by atoms with Crippen molar-refractivity contribution in [3.8, 4) is 0 Å². The Bertz CT molecular complexity index is 324. The van der Waals surface area contributed by atoms with Crippen LogP contribution in [0.3, 0.4) is 0 Å². The van der Waals surface area contributed by atoms with Gasteiger partial charge in [0.05, 0.1) is 6.61 Å². The van der Waals surface area contributed by atoms with Crippen LogP contribution < -0.4 is 5.32 Å². The molecule has 3 fully saturated rings. The predicted molar refractivity (Wildman–Crippen MR) is 82.9 cm³/mol. The van der Waals surface area contributed by atoms with Crippen molar-refractivity contribution >= 4 is 0 Å². The summed E-state index contributed by atoms with van der Waals surface area (Å²) in [6.07, 6.45) is 6.83. The van der Waals surface area contributed by atoms with Crippen LogP contribution in [-0.4, -0.2) is 49.3 Å². The van der Waals surface area contributed by atoms with Crippen LogP contribution in [0.2, 0.25) is 0 Å². The Morgan fingerprint density at radius 3 is 2.60 bits per heavy atom. The molecule has 1 N–H and O–H groups in total. The average Bonchev–Trinajstić information content (AvgIpc) is 3.00. The third kappa shape index (κ3) is 3.05. The minimum atomic E-state index is 0.354. The fourth-order valence-electron chi connectivity index (χ4n) is 4.49. The fourth-order valence-corrected chi connectivity index (χ4v) is 4.49. The lowest BCUT2D eigenvalue weighted by molar-refractivity contribution is 0.0120. The summed E-state index contributed by atoms with van der Waals surface area (Å²) < 4.78 is 5.59. The van der Waals surface area contributed by atoms with E-state index in [1.165, 1.54) is 45.2 Å². The molecule has 2 heterocycles. The van der Waals surface area contributed by atoms with Crippen LogP contribution in [0.4, 0.5) is 0 Å². The quantitative estimate of drug-likeness (QED) is 0.841. The molecule has 1 saturated carbocycles. The Morgan fingerprint density at radius 2 is 2.00 bits per heavy atom. The van der Waals surface area contributed by atoms with E-state index >= 15 is 0 Å². The zero-order valence-electron chi connectivity index (χ0n) is 13.6. The van der Waals surface area contributed by atoms with Crippen LogP contribution in [0.1, 0.15) is 52.9 Å². The zero-order chi connectivity index (χ0) is 14.2. The van der Waals surface area contributed by atoms with Crippen molar-refractivity contribution in [3.63, 3.8) is 0 Å². The van der Waals surface area contributed by atoms with Crippen LogP contribution in [-0.2, 0) is 4.74 Å². The van der Waals surface area contributed by atoms with Crippen molar-refractivity contribution in [1.29, 1.82) is 0 Å². The van der Waals surface area contributed by atoms with Crippen molar-refractivity contribution in [1.82, 2.24) is 10.2 Å². The minimum absolute atomic E-state index is 0.354. The van der Waals surface area contributed by atoms with Gasteiger partial charge in [-0.1, -0.05) is 33.6 Å². The molecule has 0 amide bonds. The molecule has 2 unspecified atom stereocenters. The topological polar surface area (TPSA) is 24.5 Å². The lowest BCUT2D eigenvalue weighted by Crippen LogP contribution is -2.66. The van der Waals surface area contributed by atoms with Gasteiger partial charge in [-0.15, -0.1) is 0 Å². The van der Waals surface area contributed by atoms with Crippen molar-refractivity contribution in [3.05, 3.63) is 0 Å². The molecule has 3 heteroatoms. The van der Waals surface area contributed by atoms with Gasteiger partial charge in [0, 0.05) is 37.8 Å². The van der Waals surface area contributed by atoms with Crippen molar-refractivity contribution in [2.45, 2.75) is 64.5 Å². The summed E-state index contributed by atoms with van der Waals surface area (Å²) >= 11 is 0. The summed E-state index contributed by atoms with van der Waals surface area (Å²) in [6.45, 7) is 12.8. The van der Waals surface area contributed by atoms with E-state index in [-0.39, 0.29) is 0 Å². The molecule has 1 aliphatic carbocycles. The molecule has 2 saturated heterocycles. The van der Waals surface area contributed by atoms with E-state index in [0.717, 1.165) is 25.7 Å². The highest BCUT2D eigenvalue weighted by Gasteiger charge is 2.44. The van der Waals surface area contributed by atoms with E-state index in [2.05, 4.69) is 31.0 Å². The summed E-state index contributed by atoms with van der Waals surface area (Å²) in [5.41, 5.74) is 0.786. The van der Waals surface area contributed by atoms with Crippen molar-refractivity contribution in [2.75, 3.05) is 32.8 Å². The normalized spacial score (nSPS) is 35.0. The Kier molecular flexibility index (Phi) is 4.13. The highest BCUT2D eigenvalue weighted by atomic mass is 16.5. The van der Waals surface area contributed by atoms with Crippen LogP contribution in [0, 0.1) is 11.3 Å². The molecule has 0 aromatic heterocycles. The van der Waals surface area contributed by atoms with Crippen LogP contribution >= 0.6 is 0 Å². The number of nitrogens with zero attached hydrogens (tertiary/aromatic N) is 1.